The Morgan fingerprint density at radius 2 is 1.94 bits per heavy atom. The molecule has 0 aliphatic carbocycles. The molecule has 0 saturated carbocycles. The SMILES string of the molecule is CCC(CCCNC(=O)OC(C)(C)C)C(=O)O. The maximum atomic E-state index is 11.3. The van der Waals surface area contributed by atoms with Crippen molar-refractivity contribution in [3.05, 3.63) is 0 Å². The Morgan fingerprint density at radius 1 is 1.35 bits per heavy atom. The molecule has 0 bridgehead atoms. The van der Waals surface area contributed by atoms with Crippen LogP contribution in [0.4, 0.5) is 4.79 Å². The number of aliphatic carboxylic acids is 1. The zero-order valence-electron chi connectivity index (χ0n) is 11.1. The topological polar surface area (TPSA) is 75.6 Å². The van der Waals surface area contributed by atoms with Crippen LogP contribution in [0.2, 0.25) is 0 Å². The average Bonchev–Trinajstić information content (AvgIpc) is 2.14. The van der Waals surface area contributed by atoms with Crippen molar-refractivity contribution < 1.29 is 19.4 Å². The zero-order chi connectivity index (χ0) is 13.5. The molecule has 0 radical (unpaired) electrons. The molecule has 1 amide bonds. The predicted octanol–water partition coefficient (Wildman–Crippen LogP) is 2.40. The van der Waals surface area contributed by atoms with Gasteiger partial charge in [-0.05, 0) is 40.0 Å². The van der Waals surface area contributed by atoms with Gasteiger partial charge in [0, 0.05) is 6.54 Å². The standard InChI is InChI=1S/C12H23NO4/c1-5-9(10(14)15)7-6-8-13-11(16)17-12(2,3)4/h9H,5-8H2,1-4H3,(H,13,16)(H,14,15). The lowest BCUT2D eigenvalue weighted by atomic mass is 10.0. The Bertz CT molecular complexity index is 258. The minimum Gasteiger partial charge on any atom is -0.481 e. The van der Waals surface area contributed by atoms with Gasteiger partial charge >= 0.3 is 12.1 Å². The molecule has 1 atom stereocenters. The van der Waals surface area contributed by atoms with Crippen LogP contribution in [-0.4, -0.2) is 29.3 Å². The summed E-state index contributed by atoms with van der Waals surface area (Å²) in [6.45, 7) is 7.68. The van der Waals surface area contributed by atoms with Crippen LogP contribution < -0.4 is 5.32 Å². The number of alkyl carbamates (subject to hydrolysis) is 1. The number of nitrogens with one attached hydrogen (secondary N) is 1. The first-order valence-corrected chi connectivity index (χ1v) is 5.96. The number of carbonyl (C=O) groups is 2. The lowest BCUT2D eigenvalue weighted by Gasteiger charge is -2.19. The number of hydrogen-bond donors (Lipinski definition) is 2. The number of hydrogen-bond acceptors (Lipinski definition) is 3. The molecule has 17 heavy (non-hydrogen) atoms. The van der Waals surface area contributed by atoms with Crippen LogP contribution in [0.25, 0.3) is 0 Å². The first-order valence-electron chi connectivity index (χ1n) is 5.96. The van der Waals surface area contributed by atoms with Crippen LogP contribution in [0.15, 0.2) is 0 Å². The predicted molar refractivity (Wildman–Crippen MR) is 64.9 cm³/mol. The summed E-state index contributed by atoms with van der Waals surface area (Å²) in [6.07, 6.45) is 1.37. The van der Waals surface area contributed by atoms with Crippen molar-refractivity contribution in [2.75, 3.05) is 6.54 Å². The van der Waals surface area contributed by atoms with Gasteiger partial charge in [-0.15, -0.1) is 0 Å². The van der Waals surface area contributed by atoms with E-state index in [9.17, 15) is 9.59 Å². The van der Waals surface area contributed by atoms with Crippen LogP contribution in [-0.2, 0) is 9.53 Å². The second kappa shape index (κ2) is 7.14. The van der Waals surface area contributed by atoms with Crippen LogP contribution in [0.5, 0.6) is 0 Å². The van der Waals surface area contributed by atoms with Crippen LogP contribution in [0, 0.1) is 5.92 Å². The largest absolute Gasteiger partial charge is 0.481 e. The summed E-state index contributed by atoms with van der Waals surface area (Å²) in [7, 11) is 0. The first kappa shape index (κ1) is 15.7. The fourth-order valence-electron chi connectivity index (χ4n) is 1.36. The maximum absolute atomic E-state index is 11.3. The Labute approximate surface area is 103 Å². The lowest BCUT2D eigenvalue weighted by molar-refractivity contribution is -0.142. The van der Waals surface area contributed by atoms with Gasteiger partial charge in [0.05, 0.1) is 5.92 Å². The highest BCUT2D eigenvalue weighted by Crippen LogP contribution is 2.10. The second-order valence-electron chi connectivity index (χ2n) is 5.01. The number of rotatable bonds is 6. The number of amides is 1. The highest BCUT2D eigenvalue weighted by molar-refractivity contribution is 5.70. The van der Waals surface area contributed by atoms with E-state index < -0.39 is 17.7 Å². The molecule has 0 heterocycles. The molecule has 0 spiro atoms. The fourth-order valence-corrected chi connectivity index (χ4v) is 1.36. The molecule has 0 rings (SSSR count). The lowest BCUT2D eigenvalue weighted by Crippen LogP contribution is -2.33. The molecule has 0 aromatic rings. The van der Waals surface area contributed by atoms with Crippen molar-refractivity contribution >= 4 is 12.1 Å². The summed E-state index contributed by atoms with van der Waals surface area (Å²) in [5.41, 5.74) is -0.503. The molecule has 0 aliphatic heterocycles. The summed E-state index contributed by atoms with van der Waals surface area (Å²) in [5, 5.41) is 11.4. The first-order chi connectivity index (χ1) is 7.76. The molecule has 1 unspecified atom stereocenters. The molecule has 5 nitrogen and oxygen atoms in total. The van der Waals surface area contributed by atoms with Crippen molar-refractivity contribution in [3.63, 3.8) is 0 Å². The van der Waals surface area contributed by atoms with Crippen LogP contribution in [0.1, 0.15) is 47.0 Å². The second-order valence-corrected chi connectivity index (χ2v) is 5.01. The van der Waals surface area contributed by atoms with Gasteiger partial charge in [-0.1, -0.05) is 6.92 Å². The Balaban J connectivity index is 3.71. The van der Waals surface area contributed by atoms with E-state index >= 15 is 0 Å². The number of carboxylic acid groups (broad SMARTS) is 1. The third kappa shape index (κ3) is 8.54. The van der Waals surface area contributed by atoms with Crippen molar-refractivity contribution in [3.8, 4) is 0 Å². The minimum absolute atomic E-state index is 0.324. The highest BCUT2D eigenvalue weighted by atomic mass is 16.6. The fraction of sp³-hybridized carbons (Fsp3) is 0.833. The van der Waals surface area contributed by atoms with Crippen LogP contribution >= 0.6 is 0 Å². The van der Waals surface area contributed by atoms with Gasteiger partial charge in [0.15, 0.2) is 0 Å². The normalized spacial score (nSPS) is 12.9. The van der Waals surface area contributed by atoms with Gasteiger partial charge in [-0.25, -0.2) is 4.79 Å². The van der Waals surface area contributed by atoms with E-state index in [1.807, 2.05) is 6.92 Å². The van der Waals surface area contributed by atoms with Gasteiger partial charge in [-0.2, -0.15) is 0 Å². The summed E-state index contributed by atoms with van der Waals surface area (Å²) in [6, 6.07) is 0. The van der Waals surface area contributed by atoms with Crippen molar-refractivity contribution in [1.82, 2.24) is 5.32 Å². The van der Waals surface area contributed by atoms with Gasteiger partial charge in [-0.3, -0.25) is 4.79 Å². The molecule has 0 aromatic carbocycles. The molecule has 0 fully saturated rings. The summed E-state index contributed by atoms with van der Waals surface area (Å²) < 4.78 is 5.05. The quantitative estimate of drug-likeness (QED) is 0.704. The molecule has 2 N–H and O–H groups in total. The van der Waals surface area contributed by atoms with Crippen molar-refractivity contribution in [2.45, 2.75) is 52.6 Å². The van der Waals surface area contributed by atoms with E-state index in [1.54, 1.807) is 20.8 Å². The molecular formula is C12H23NO4. The Hall–Kier alpha value is -1.26. The Morgan fingerprint density at radius 3 is 2.35 bits per heavy atom. The smallest absolute Gasteiger partial charge is 0.407 e. The summed E-state index contributed by atoms with van der Waals surface area (Å²) in [4.78, 5) is 22.0. The molecule has 100 valence electrons. The molecule has 0 aromatic heterocycles. The van der Waals surface area contributed by atoms with Crippen molar-refractivity contribution in [1.29, 1.82) is 0 Å². The van der Waals surface area contributed by atoms with E-state index in [2.05, 4.69) is 5.32 Å². The van der Waals surface area contributed by atoms with Crippen molar-refractivity contribution in [2.24, 2.45) is 5.92 Å². The molecule has 5 heteroatoms. The van der Waals surface area contributed by atoms with E-state index in [4.69, 9.17) is 9.84 Å². The van der Waals surface area contributed by atoms with Gasteiger partial charge in [0.2, 0.25) is 0 Å². The maximum Gasteiger partial charge on any atom is 0.407 e. The van der Waals surface area contributed by atoms with Gasteiger partial charge in [0.1, 0.15) is 5.60 Å². The third-order valence-corrected chi connectivity index (χ3v) is 2.24. The summed E-state index contributed by atoms with van der Waals surface area (Å²) >= 11 is 0. The van der Waals surface area contributed by atoms with E-state index in [0.717, 1.165) is 0 Å². The number of carbonyl (C=O) groups excluding carboxylic acids is 1. The van der Waals surface area contributed by atoms with E-state index in [-0.39, 0.29) is 5.92 Å². The zero-order valence-corrected chi connectivity index (χ0v) is 11.1. The van der Waals surface area contributed by atoms with Gasteiger partial charge < -0.3 is 15.2 Å². The molecular weight excluding hydrogens is 222 g/mol. The molecule has 0 aliphatic rings. The van der Waals surface area contributed by atoms with Crippen LogP contribution in [0.3, 0.4) is 0 Å². The monoisotopic (exact) mass is 245 g/mol. The van der Waals surface area contributed by atoms with E-state index in [0.29, 0.717) is 25.8 Å². The van der Waals surface area contributed by atoms with Gasteiger partial charge in [0.25, 0.3) is 0 Å². The highest BCUT2D eigenvalue weighted by Gasteiger charge is 2.17. The Kier molecular flexibility index (Phi) is 6.61. The number of carboxylic acids is 1. The third-order valence-electron chi connectivity index (χ3n) is 2.24. The average molecular weight is 245 g/mol. The molecule has 0 saturated heterocycles. The summed E-state index contributed by atoms with van der Waals surface area (Å²) in [5.74, 6) is -1.10. The van der Waals surface area contributed by atoms with E-state index in [1.165, 1.54) is 0 Å². The number of ether oxygens (including phenoxy) is 1. The minimum atomic E-state index is -0.773.